The zero-order valence-electron chi connectivity index (χ0n) is 13.1. The van der Waals surface area contributed by atoms with Gasteiger partial charge in [0, 0.05) is 15.5 Å². The van der Waals surface area contributed by atoms with Crippen molar-refractivity contribution in [2.75, 3.05) is 4.90 Å². The van der Waals surface area contributed by atoms with Crippen molar-refractivity contribution >= 4 is 43.8 Å². The Morgan fingerprint density at radius 1 is 0.542 bits per heavy atom. The van der Waals surface area contributed by atoms with Crippen LogP contribution in [0.3, 0.4) is 0 Å². The Morgan fingerprint density at radius 2 is 1.17 bits per heavy atom. The minimum atomic E-state index is 1.07. The summed E-state index contributed by atoms with van der Waals surface area (Å²) in [6.45, 7) is 0. The molecule has 0 atom stereocenters. The van der Waals surface area contributed by atoms with E-state index in [0.29, 0.717) is 0 Å². The normalized spacial score (nSPS) is 10.7. The quantitative estimate of drug-likeness (QED) is 0.371. The fourth-order valence-corrected chi connectivity index (χ4v) is 3.48. The SMILES string of the molecule is Brc1ccccc1N(c1ccccc1)c1cccc2ccccc12. The van der Waals surface area contributed by atoms with Crippen LogP contribution in [0.15, 0.2) is 102 Å². The molecule has 4 aromatic carbocycles. The summed E-state index contributed by atoms with van der Waals surface area (Å²) < 4.78 is 1.07. The Hall–Kier alpha value is -2.58. The number of fused-ring (bicyclic) bond motifs is 1. The molecule has 0 aromatic heterocycles. The van der Waals surface area contributed by atoms with Gasteiger partial charge in [-0.1, -0.05) is 66.7 Å². The molecule has 0 fully saturated rings. The van der Waals surface area contributed by atoms with E-state index in [-0.39, 0.29) is 0 Å². The molecule has 4 aromatic rings. The van der Waals surface area contributed by atoms with Crippen molar-refractivity contribution in [3.63, 3.8) is 0 Å². The zero-order chi connectivity index (χ0) is 16.4. The summed E-state index contributed by atoms with van der Waals surface area (Å²) in [4.78, 5) is 2.30. The van der Waals surface area contributed by atoms with E-state index < -0.39 is 0 Å². The summed E-state index contributed by atoms with van der Waals surface area (Å²) in [5.41, 5.74) is 3.44. The van der Waals surface area contributed by atoms with E-state index in [1.807, 2.05) is 12.1 Å². The number of hydrogen-bond donors (Lipinski definition) is 0. The molecule has 24 heavy (non-hydrogen) atoms. The van der Waals surface area contributed by atoms with E-state index in [1.165, 1.54) is 16.5 Å². The number of nitrogens with zero attached hydrogens (tertiary/aromatic N) is 1. The lowest BCUT2D eigenvalue weighted by atomic mass is 10.1. The molecule has 0 spiro atoms. The Balaban J connectivity index is 2.01. The number of hydrogen-bond acceptors (Lipinski definition) is 1. The van der Waals surface area contributed by atoms with Crippen molar-refractivity contribution < 1.29 is 0 Å². The van der Waals surface area contributed by atoms with Crippen LogP contribution in [0.5, 0.6) is 0 Å². The van der Waals surface area contributed by atoms with Gasteiger partial charge in [0.1, 0.15) is 0 Å². The van der Waals surface area contributed by atoms with Crippen molar-refractivity contribution in [1.82, 2.24) is 0 Å². The van der Waals surface area contributed by atoms with Crippen LogP contribution in [0, 0.1) is 0 Å². The first-order valence-corrected chi connectivity index (χ1v) is 8.71. The molecule has 116 valence electrons. The van der Waals surface area contributed by atoms with Gasteiger partial charge in [0.25, 0.3) is 0 Å². The largest absolute Gasteiger partial charge is 0.309 e. The van der Waals surface area contributed by atoms with Crippen molar-refractivity contribution in [1.29, 1.82) is 0 Å². The fourth-order valence-electron chi connectivity index (χ4n) is 3.02. The van der Waals surface area contributed by atoms with Gasteiger partial charge in [-0.3, -0.25) is 0 Å². The summed E-state index contributed by atoms with van der Waals surface area (Å²) in [6, 6.07) is 33.8. The Labute approximate surface area is 150 Å². The third-order valence-corrected chi connectivity index (χ3v) is 4.79. The molecule has 0 saturated heterocycles. The Kier molecular flexibility index (Phi) is 4.06. The number of anilines is 3. The van der Waals surface area contributed by atoms with Crippen LogP contribution in [0.1, 0.15) is 0 Å². The standard InChI is InChI=1S/C22H16BrN/c23-20-14-6-7-15-22(20)24(18-11-2-1-3-12-18)21-16-8-10-17-9-4-5-13-19(17)21/h1-16H. The van der Waals surface area contributed by atoms with Gasteiger partial charge in [0.05, 0.1) is 11.4 Å². The second kappa shape index (κ2) is 6.50. The molecule has 0 bridgehead atoms. The van der Waals surface area contributed by atoms with E-state index in [9.17, 15) is 0 Å². The molecule has 0 unspecified atom stereocenters. The summed E-state index contributed by atoms with van der Waals surface area (Å²) in [7, 11) is 0. The first kappa shape index (κ1) is 15.0. The first-order chi connectivity index (χ1) is 11.8. The molecule has 2 heteroatoms. The van der Waals surface area contributed by atoms with Gasteiger partial charge in [-0.15, -0.1) is 0 Å². The highest BCUT2D eigenvalue weighted by atomic mass is 79.9. The van der Waals surface area contributed by atoms with Crippen molar-refractivity contribution in [3.8, 4) is 0 Å². The van der Waals surface area contributed by atoms with E-state index in [1.54, 1.807) is 0 Å². The first-order valence-electron chi connectivity index (χ1n) is 7.92. The molecular weight excluding hydrogens is 358 g/mol. The number of para-hydroxylation sites is 2. The van der Waals surface area contributed by atoms with Crippen LogP contribution in [-0.2, 0) is 0 Å². The number of rotatable bonds is 3. The molecule has 0 heterocycles. The van der Waals surface area contributed by atoms with Crippen LogP contribution in [0.25, 0.3) is 10.8 Å². The van der Waals surface area contributed by atoms with Gasteiger partial charge in [-0.05, 0) is 51.6 Å². The smallest absolute Gasteiger partial charge is 0.0603 e. The fraction of sp³-hybridized carbons (Fsp3) is 0. The van der Waals surface area contributed by atoms with Crippen LogP contribution < -0.4 is 4.90 Å². The summed E-state index contributed by atoms with van der Waals surface area (Å²) in [6.07, 6.45) is 0. The molecule has 4 rings (SSSR count). The van der Waals surface area contributed by atoms with E-state index >= 15 is 0 Å². The maximum absolute atomic E-state index is 3.71. The molecule has 1 nitrogen and oxygen atoms in total. The van der Waals surface area contributed by atoms with Gasteiger partial charge in [-0.25, -0.2) is 0 Å². The van der Waals surface area contributed by atoms with Crippen LogP contribution in [0.2, 0.25) is 0 Å². The third kappa shape index (κ3) is 2.70. The average molecular weight is 374 g/mol. The zero-order valence-corrected chi connectivity index (χ0v) is 14.6. The van der Waals surface area contributed by atoms with E-state index in [4.69, 9.17) is 0 Å². The van der Waals surface area contributed by atoms with E-state index in [0.717, 1.165) is 15.8 Å². The van der Waals surface area contributed by atoms with Crippen molar-refractivity contribution in [2.24, 2.45) is 0 Å². The van der Waals surface area contributed by atoms with E-state index in [2.05, 4.69) is 106 Å². The lowest BCUT2D eigenvalue weighted by Gasteiger charge is -2.27. The highest BCUT2D eigenvalue weighted by Gasteiger charge is 2.16. The number of halogens is 1. The second-order valence-electron chi connectivity index (χ2n) is 5.62. The molecule has 0 aliphatic heterocycles. The monoisotopic (exact) mass is 373 g/mol. The third-order valence-electron chi connectivity index (χ3n) is 4.12. The average Bonchev–Trinajstić information content (AvgIpc) is 2.65. The molecule has 0 saturated carbocycles. The van der Waals surface area contributed by atoms with Crippen LogP contribution in [-0.4, -0.2) is 0 Å². The topological polar surface area (TPSA) is 3.24 Å². The molecule has 0 N–H and O–H groups in total. The van der Waals surface area contributed by atoms with Crippen molar-refractivity contribution in [2.45, 2.75) is 0 Å². The minimum absolute atomic E-state index is 1.07. The highest BCUT2D eigenvalue weighted by Crippen LogP contribution is 2.41. The van der Waals surface area contributed by atoms with Gasteiger partial charge in [-0.2, -0.15) is 0 Å². The molecular formula is C22H16BrN. The summed E-state index contributed by atoms with van der Waals surface area (Å²) in [5, 5.41) is 2.47. The highest BCUT2D eigenvalue weighted by molar-refractivity contribution is 9.10. The van der Waals surface area contributed by atoms with Gasteiger partial charge in [0.2, 0.25) is 0 Å². The molecule has 0 radical (unpaired) electrons. The molecule has 0 aliphatic rings. The maximum Gasteiger partial charge on any atom is 0.0603 e. The van der Waals surface area contributed by atoms with Gasteiger partial charge in [0.15, 0.2) is 0 Å². The lowest BCUT2D eigenvalue weighted by molar-refractivity contribution is 1.29. The van der Waals surface area contributed by atoms with Crippen LogP contribution in [0.4, 0.5) is 17.1 Å². The van der Waals surface area contributed by atoms with Crippen LogP contribution >= 0.6 is 15.9 Å². The van der Waals surface area contributed by atoms with Crippen molar-refractivity contribution in [3.05, 3.63) is 102 Å². The van der Waals surface area contributed by atoms with Gasteiger partial charge >= 0.3 is 0 Å². The second-order valence-corrected chi connectivity index (χ2v) is 6.47. The predicted molar refractivity (Wildman–Crippen MR) is 106 cm³/mol. The predicted octanol–water partition coefficient (Wildman–Crippen LogP) is 7.07. The van der Waals surface area contributed by atoms with Gasteiger partial charge < -0.3 is 4.90 Å². The maximum atomic E-state index is 3.71. The molecule has 0 aliphatic carbocycles. The minimum Gasteiger partial charge on any atom is -0.309 e. The summed E-state index contributed by atoms with van der Waals surface area (Å²) in [5.74, 6) is 0. The summed E-state index contributed by atoms with van der Waals surface area (Å²) >= 11 is 3.71. The lowest BCUT2D eigenvalue weighted by Crippen LogP contribution is -2.10. The molecule has 0 amide bonds. The number of benzene rings is 4. The Bertz CT molecular complexity index is 974. The Morgan fingerprint density at radius 3 is 2.00 bits per heavy atom.